The lowest BCUT2D eigenvalue weighted by Gasteiger charge is -2.47. The summed E-state index contributed by atoms with van der Waals surface area (Å²) in [5.41, 5.74) is 0.669. The number of nitrogens with two attached hydrogens (primary N) is 1. The molecule has 2 aromatic heterocycles. The first-order valence-electron chi connectivity index (χ1n) is 20.7. The fraction of sp³-hybridized carbons (Fsp3) is 0.800. The number of aromatic nitrogens is 4. The molecule has 59 heavy (non-hydrogen) atoms. The van der Waals surface area contributed by atoms with Crippen molar-refractivity contribution in [3.05, 3.63) is 12.4 Å². The number of halogens is 1. The predicted octanol–water partition coefficient (Wildman–Crippen LogP) is 3.83. The topological polar surface area (TPSA) is 206 Å². The fourth-order valence-corrected chi connectivity index (χ4v) is 9.78. The fourth-order valence-electron chi connectivity index (χ4n) is 9.15. The first-order chi connectivity index (χ1) is 27.7. The maximum Gasteiger partial charge on any atom is 0.410 e. The standard InChI is InChI=1S/C40H65FN8O9S/c1-12-29-40(8)31(49(37(53)58-40)16-14-13-15-48-21-26(45-46-48)28-20-44-36(42)59-28)25(5)43-19-22(2)18-38(6,54-11)33(24(4)32(51)39(7,41)35(52)56-29)57-34-30(50)27(47(9)10)17-23(3)55-34/h20-25,27,29-31,33-34,43,50H,12-19H2,1-11H3,(H2,42,44)/t22-,23-,24+,25-,27?,29-,30?,31-,33-,34+,38-,39+,40-/m1/s1. The van der Waals surface area contributed by atoms with Gasteiger partial charge in [0, 0.05) is 44.4 Å². The highest BCUT2D eigenvalue weighted by Crippen LogP contribution is 2.41. The summed E-state index contributed by atoms with van der Waals surface area (Å²) in [6.45, 7) is 14.7. The van der Waals surface area contributed by atoms with Crippen molar-refractivity contribution < 1.29 is 47.6 Å². The number of hydrogen-bond donors (Lipinski definition) is 3. The smallest absolute Gasteiger partial charge is 0.410 e. The summed E-state index contributed by atoms with van der Waals surface area (Å²) >= 11 is 1.32. The van der Waals surface area contributed by atoms with Crippen molar-refractivity contribution in [1.29, 1.82) is 0 Å². The minimum absolute atomic E-state index is 0.116. The maximum atomic E-state index is 16.9. The zero-order valence-electron chi connectivity index (χ0n) is 36.3. The predicted molar refractivity (Wildman–Crippen MR) is 218 cm³/mol. The number of anilines is 1. The highest BCUT2D eigenvalue weighted by molar-refractivity contribution is 7.18. The number of hydrogen-bond acceptors (Lipinski definition) is 16. The van der Waals surface area contributed by atoms with E-state index in [1.165, 1.54) is 25.4 Å². The number of alkyl halides is 1. The molecular weight excluding hydrogens is 788 g/mol. The van der Waals surface area contributed by atoms with Crippen molar-refractivity contribution in [2.24, 2.45) is 11.8 Å². The van der Waals surface area contributed by atoms with Crippen LogP contribution < -0.4 is 11.1 Å². The quantitative estimate of drug-likeness (QED) is 0.167. The van der Waals surface area contributed by atoms with Crippen LogP contribution in [-0.4, -0.2) is 153 Å². The number of aliphatic hydroxyl groups excluding tert-OH is 1. The number of fused-ring (bicyclic) bond motifs is 1. The van der Waals surface area contributed by atoms with Crippen molar-refractivity contribution >= 4 is 34.3 Å². The first-order valence-corrected chi connectivity index (χ1v) is 21.5. The van der Waals surface area contributed by atoms with Crippen LogP contribution >= 0.6 is 11.3 Å². The SMILES string of the molecule is CC[C@H]1OC(=O)[C@@](C)(F)C(=O)[C@H](C)[C@@H](O[C@@H]2O[C@H](C)CC(N(C)C)C2O)[C@](C)(OC)C[C@@H](C)CN[C@H](C)[C@H]2N(CCCCn3cc(-c4cnc(N)s4)nn3)C(=O)O[C@]12C. The van der Waals surface area contributed by atoms with Crippen LogP contribution in [0.2, 0.25) is 0 Å². The zero-order chi connectivity index (χ0) is 43.6. The lowest BCUT2D eigenvalue weighted by Crippen LogP contribution is -2.61. The van der Waals surface area contributed by atoms with Crippen LogP contribution in [0.5, 0.6) is 0 Å². The van der Waals surface area contributed by atoms with Gasteiger partial charge in [-0.2, -0.15) is 0 Å². The highest BCUT2D eigenvalue weighted by Gasteiger charge is 2.60. The maximum absolute atomic E-state index is 16.9. The number of aliphatic hydroxyl groups is 1. The molecule has 0 aliphatic carbocycles. The molecule has 0 spiro atoms. The molecule has 1 amide bonds. The van der Waals surface area contributed by atoms with Crippen molar-refractivity contribution in [2.45, 2.75) is 160 Å². The number of ketones is 1. The van der Waals surface area contributed by atoms with Crippen molar-refractivity contribution in [1.82, 2.24) is 35.1 Å². The number of nitrogen functional groups attached to an aromatic ring is 1. The van der Waals surface area contributed by atoms with Gasteiger partial charge in [0.25, 0.3) is 5.67 Å². The average molecular weight is 853 g/mol. The zero-order valence-corrected chi connectivity index (χ0v) is 37.2. The number of aryl methyl sites for hydroxylation is 1. The number of nitrogens with zero attached hydrogens (tertiary/aromatic N) is 6. The number of methoxy groups -OCH3 is 1. The molecule has 0 bridgehead atoms. The van der Waals surface area contributed by atoms with Crippen LogP contribution in [0.25, 0.3) is 10.6 Å². The Morgan fingerprint density at radius 3 is 2.46 bits per heavy atom. The Morgan fingerprint density at radius 1 is 1.14 bits per heavy atom. The van der Waals surface area contributed by atoms with Gasteiger partial charge < -0.3 is 44.7 Å². The van der Waals surface area contributed by atoms with Crippen LogP contribution in [0.15, 0.2) is 12.4 Å². The molecule has 2 unspecified atom stereocenters. The first kappa shape index (κ1) is 46.7. The van der Waals surface area contributed by atoms with Crippen LogP contribution in [0.3, 0.4) is 0 Å². The Balaban J connectivity index is 1.41. The molecule has 17 nitrogen and oxygen atoms in total. The molecule has 2 aromatic rings. The molecule has 0 aromatic carbocycles. The number of nitrogens with one attached hydrogen (secondary N) is 1. The molecule has 3 saturated heterocycles. The molecule has 3 aliphatic heterocycles. The number of thiazole rings is 1. The molecule has 5 heterocycles. The van der Waals surface area contributed by atoms with E-state index in [2.05, 4.69) is 20.6 Å². The molecule has 13 atom stereocenters. The summed E-state index contributed by atoms with van der Waals surface area (Å²) in [5, 5.41) is 23.9. The average Bonchev–Trinajstić information content (AvgIpc) is 3.90. The second-order valence-corrected chi connectivity index (χ2v) is 18.5. The molecule has 3 fully saturated rings. The Hall–Kier alpha value is -3.33. The number of likely N-dealkylation sites (N-methyl/N-ethyl adjacent to an activating group) is 1. The molecule has 0 radical (unpaired) electrons. The highest BCUT2D eigenvalue weighted by atomic mass is 32.1. The van der Waals surface area contributed by atoms with Crippen LogP contribution in [0, 0.1) is 11.8 Å². The molecule has 3 aliphatic rings. The van der Waals surface area contributed by atoms with Gasteiger partial charge in [-0.15, -0.1) is 5.10 Å². The Kier molecular flexibility index (Phi) is 14.8. The van der Waals surface area contributed by atoms with Gasteiger partial charge in [0.1, 0.15) is 17.9 Å². The Bertz CT molecular complexity index is 1760. The van der Waals surface area contributed by atoms with E-state index in [0.29, 0.717) is 56.1 Å². The summed E-state index contributed by atoms with van der Waals surface area (Å²) in [6.07, 6.45) is 0.343. The number of unbranched alkanes of at least 4 members (excludes halogenated alkanes) is 1. The summed E-state index contributed by atoms with van der Waals surface area (Å²) < 4.78 is 49.5. The van der Waals surface area contributed by atoms with Gasteiger partial charge in [-0.25, -0.2) is 19.0 Å². The second kappa shape index (κ2) is 18.7. The van der Waals surface area contributed by atoms with Gasteiger partial charge in [0.2, 0.25) is 0 Å². The summed E-state index contributed by atoms with van der Waals surface area (Å²) in [5.74, 6) is -3.86. The third-order valence-corrected chi connectivity index (χ3v) is 13.3. The third-order valence-electron chi connectivity index (χ3n) is 12.4. The lowest BCUT2D eigenvalue weighted by atomic mass is 9.78. The number of ether oxygens (including phenoxy) is 5. The number of rotatable bonds is 11. The minimum atomic E-state index is -3.13. The van der Waals surface area contributed by atoms with Crippen molar-refractivity contribution in [3.8, 4) is 10.6 Å². The van der Waals surface area contributed by atoms with Gasteiger partial charge in [0.15, 0.2) is 22.8 Å². The molecule has 0 saturated carbocycles. The van der Waals surface area contributed by atoms with E-state index in [9.17, 15) is 19.5 Å². The molecule has 19 heteroatoms. The second-order valence-electron chi connectivity index (χ2n) is 17.4. The number of amides is 1. The van der Waals surface area contributed by atoms with Crippen LogP contribution in [0.4, 0.5) is 14.3 Å². The minimum Gasteiger partial charge on any atom is -0.455 e. The molecular formula is C40H65FN8O9S. The number of Topliss-reactive ketones (excluding diaryl/α,β-unsaturated/α-hetero) is 1. The number of cyclic esters (lactones) is 1. The van der Waals surface area contributed by atoms with Gasteiger partial charge in [-0.1, -0.05) is 37.3 Å². The van der Waals surface area contributed by atoms with Crippen LogP contribution in [-0.2, 0) is 39.8 Å². The number of esters is 1. The normalized spacial score (nSPS) is 37.8. The van der Waals surface area contributed by atoms with Crippen molar-refractivity contribution in [2.75, 3.05) is 40.0 Å². The Labute approximate surface area is 350 Å². The van der Waals surface area contributed by atoms with Gasteiger partial charge in [0.05, 0.1) is 34.9 Å². The summed E-state index contributed by atoms with van der Waals surface area (Å²) in [6, 6.07) is -1.36. The van der Waals surface area contributed by atoms with Crippen LogP contribution in [0.1, 0.15) is 87.5 Å². The molecule has 332 valence electrons. The van der Waals surface area contributed by atoms with E-state index in [1.54, 1.807) is 36.5 Å². The van der Waals surface area contributed by atoms with Gasteiger partial charge in [-0.05, 0) is 93.3 Å². The summed E-state index contributed by atoms with van der Waals surface area (Å²) in [7, 11) is 5.20. The third kappa shape index (κ3) is 9.92. The number of carbonyl (C=O) groups is 3. The lowest BCUT2D eigenvalue weighted by molar-refractivity contribution is -0.295. The molecule has 4 N–H and O–H groups in total. The van der Waals surface area contributed by atoms with Crippen molar-refractivity contribution in [3.63, 3.8) is 0 Å². The molecule has 5 rings (SSSR count). The van der Waals surface area contributed by atoms with E-state index < -0.39 is 77.3 Å². The number of carbonyl (C=O) groups excluding carboxylic acids is 3. The van der Waals surface area contributed by atoms with E-state index >= 15 is 4.39 Å². The summed E-state index contributed by atoms with van der Waals surface area (Å²) in [4.78, 5) is 50.4. The van der Waals surface area contributed by atoms with E-state index in [4.69, 9.17) is 29.4 Å². The monoisotopic (exact) mass is 852 g/mol. The van der Waals surface area contributed by atoms with Gasteiger partial charge >= 0.3 is 12.1 Å². The Morgan fingerprint density at radius 2 is 1.83 bits per heavy atom. The van der Waals surface area contributed by atoms with E-state index in [0.717, 1.165) is 11.8 Å². The van der Waals surface area contributed by atoms with E-state index in [-0.39, 0.29) is 24.5 Å². The van der Waals surface area contributed by atoms with Gasteiger partial charge in [-0.3, -0.25) is 14.4 Å². The largest absolute Gasteiger partial charge is 0.455 e. The van der Waals surface area contributed by atoms with E-state index in [1.807, 2.05) is 46.0 Å².